The van der Waals surface area contributed by atoms with Crippen molar-refractivity contribution in [2.45, 2.75) is 19.3 Å². The number of carbonyl (C=O) groups excluding carboxylic acids is 1. The van der Waals surface area contributed by atoms with Crippen molar-refractivity contribution in [1.29, 1.82) is 0 Å². The van der Waals surface area contributed by atoms with Gasteiger partial charge in [0, 0.05) is 29.1 Å². The van der Waals surface area contributed by atoms with E-state index in [9.17, 15) is 4.79 Å². The Kier molecular flexibility index (Phi) is 3.57. The zero-order valence-electron chi connectivity index (χ0n) is 12.3. The van der Waals surface area contributed by atoms with Crippen LogP contribution in [0, 0.1) is 0 Å². The van der Waals surface area contributed by atoms with Crippen LogP contribution in [0.25, 0.3) is 5.78 Å². The van der Waals surface area contributed by atoms with Gasteiger partial charge in [0.15, 0.2) is 5.82 Å². The Morgan fingerprint density at radius 2 is 2.26 bits per heavy atom. The fourth-order valence-corrected chi connectivity index (χ4v) is 3.31. The number of anilines is 1. The molecular weight excluding hydrogens is 358 g/mol. The van der Waals surface area contributed by atoms with Gasteiger partial charge in [0.2, 0.25) is 5.91 Å². The number of amides is 1. The molecule has 0 saturated carbocycles. The lowest BCUT2D eigenvalue weighted by molar-refractivity contribution is -0.118. The normalized spacial score (nSPS) is 14.0. The van der Waals surface area contributed by atoms with E-state index in [1.54, 1.807) is 23.0 Å². The molecule has 0 fully saturated rings. The minimum Gasteiger partial charge on any atom is -0.312 e. The van der Waals surface area contributed by atoms with Gasteiger partial charge >= 0.3 is 0 Å². The molecule has 1 amide bonds. The summed E-state index contributed by atoms with van der Waals surface area (Å²) in [7, 11) is 0. The van der Waals surface area contributed by atoms with E-state index in [0.29, 0.717) is 11.6 Å². The second-order valence-electron chi connectivity index (χ2n) is 5.49. The molecule has 1 aromatic carbocycles. The summed E-state index contributed by atoms with van der Waals surface area (Å²) in [4.78, 5) is 23.0. The minimum absolute atomic E-state index is 0.0178. The van der Waals surface area contributed by atoms with Gasteiger partial charge in [0.05, 0.1) is 6.42 Å². The molecule has 3 heterocycles. The summed E-state index contributed by atoms with van der Waals surface area (Å²) >= 11 is 3.49. The van der Waals surface area contributed by atoms with E-state index >= 15 is 0 Å². The standard InChI is InChI=1S/C16H14BrN5O/c17-12-4-5-13-11(9-12)3-1-7-21(13)15(23)10-14-19-16-18-6-2-8-22(16)20-14/h2,4-6,8-9H,1,3,7,10H2. The van der Waals surface area contributed by atoms with Gasteiger partial charge in [-0.15, -0.1) is 5.10 Å². The van der Waals surface area contributed by atoms with Gasteiger partial charge in [-0.05, 0) is 42.7 Å². The van der Waals surface area contributed by atoms with Crippen LogP contribution in [0.3, 0.4) is 0 Å². The lowest BCUT2D eigenvalue weighted by atomic mass is 10.0. The maximum atomic E-state index is 12.7. The minimum atomic E-state index is 0.0178. The predicted octanol–water partition coefficient (Wildman–Crippen LogP) is 2.41. The molecule has 3 aromatic rings. The number of rotatable bonds is 2. The summed E-state index contributed by atoms with van der Waals surface area (Å²) in [5.41, 5.74) is 2.19. The van der Waals surface area contributed by atoms with Gasteiger partial charge in [-0.25, -0.2) is 9.50 Å². The van der Waals surface area contributed by atoms with Gasteiger partial charge in [-0.1, -0.05) is 15.9 Å². The third kappa shape index (κ3) is 2.72. The largest absolute Gasteiger partial charge is 0.312 e. The van der Waals surface area contributed by atoms with E-state index in [4.69, 9.17) is 0 Å². The van der Waals surface area contributed by atoms with Crippen LogP contribution >= 0.6 is 15.9 Å². The number of hydrogen-bond acceptors (Lipinski definition) is 4. The first-order chi connectivity index (χ1) is 11.2. The van der Waals surface area contributed by atoms with E-state index < -0.39 is 0 Å². The molecule has 0 spiro atoms. The number of aryl methyl sites for hydroxylation is 1. The molecule has 116 valence electrons. The van der Waals surface area contributed by atoms with Crippen molar-refractivity contribution in [2.75, 3.05) is 11.4 Å². The van der Waals surface area contributed by atoms with Crippen LogP contribution in [0.4, 0.5) is 5.69 Å². The van der Waals surface area contributed by atoms with Crippen molar-refractivity contribution in [2.24, 2.45) is 0 Å². The molecule has 1 aliphatic rings. The topological polar surface area (TPSA) is 63.4 Å². The van der Waals surface area contributed by atoms with Crippen LogP contribution in [0.1, 0.15) is 17.8 Å². The molecular formula is C16H14BrN5O. The molecule has 0 saturated heterocycles. The van der Waals surface area contributed by atoms with Crippen LogP contribution in [0.5, 0.6) is 0 Å². The highest BCUT2D eigenvalue weighted by molar-refractivity contribution is 9.10. The zero-order chi connectivity index (χ0) is 15.8. The molecule has 4 rings (SSSR count). The molecule has 0 N–H and O–H groups in total. The van der Waals surface area contributed by atoms with E-state index in [2.05, 4.69) is 37.1 Å². The molecule has 0 bridgehead atoms. The first-order valence-electron chi connectivity index (χ1n) is 7.46. The summed E-state index contributed by atoms with van der Waals surface area (Å²) in [5.74, 6) is 1.03. The first kappa shape index (κ1) is 14.3. The highest BCUT2D eigenvalue weighted by Gasteiger charge is 2.23. The van der Waals surface area contributed by atoms with Crippen LogP contribution < -0.4 is 4.90 Å². The second kappa shape index (κ2) is 5.73. The highest BCUT2D eigenvalue weighted by Crippen LogP contribution is 2.30. The van der Waals surface area contributed by atoms with Crippen molar-refractivity contribution >= 4 is 33.3 Å². The average Bonchev–Trinajstić information content (AvgIpc) is 2.96. The van der Waals surface area contributed by atoms with E-state index in [0.717, 1.165) is 29.5 Å². The number of halogens is 1. The predicted molar refractivity (Wildman–Crippen MR) is 89.3 cm³/mol. The molecule has 0 radical (unpaired) electrons. The summed E-state index contributed by atoms with van der Waals surface area (Å²) in [6, 6.07) is 7.83. The smallest absolute Gasteiger partial charge is 0.252 e. The molecule has 0 aliphatic carbocycles. The molecule has 0 atom stereocenters. The monoisotopic (exact) mass is 371 g/mol. The molecule has 6 nitrogen and oxygen atoms in total. The Morgan fingerprint density at radius 3 is 3.13 bits per heavy atom. The van der Waals surface area contributed by atoms with E-state index in [-0.39, 0.29) is 12.3 Å². The van der Waals surface area contributed by atoms with Crippen molar-refractivity contribution in [3.8, 4) is 0 Å². The quantitative estimate of drug-likeness (QED) is 0.693. The third-order valence-corrected chi connectivity index (χ3v) is 4.42. The second-order valence-corrected chi connectivity index (χ2v) is 6.41. The molecule has 2 aromatic heterocycles. The summed E-state index contributed by atoms with van der Waals surface area (Å²) in [6.45, 7) is 0.735. The summed E-state index contributed by atoms with van der Waals surface area (Å²) in [6.07, 6.45) is 5.58. The van der Waals surface area contributed by atoms with Crippen molar-refractivity contribution in [1.82, 2.24) is 19.6 Å². The Balaban J connectivity index is 1.60. The maximum absolute atomic E-state index is 12.7. The number of fused-ring (bicyclic) bond motifs is 2. The summed E-state index contributed by atoms with van der Waals surface area (Å²) in [5, 5.41) is 4.31. The lowest BCUT2D eigenvalue weighted by Crippen LogP contribution is -2.36. The Labute approximate surface area is 141 Å². The highest BCUT2D eigenvalue weighted by atomic mass is 79.9. The summed E-state index contributed by atoms with van der Waals surface area (Å²) < 4.78 is 2.63. The lowest BCUT2D eigenvalue weighted by Gasteiger charge is -2.29. The SMILES string of the molecule is O=C(Cc1nc2ncccn2n1)N1CCCc2cc(Br)ccc21. The van der Waals surface area contributed by atoms with Gasteiger partial charge < -0.3 is 4.90 Å². The first-order valence-corrected chi connectivity index (χ1v) is 8.25. The molecule has 0 unspecified atom stereocenters. The van der Waals surface area contributed by atoms with Gasteiger partial charge in [-0.2, -0.15) is 4.98 Å². The van der Waals surface area contributed by atoms with Crippen molar-refractivity contribution in [3.05, 3.63) is 52.5 Å². The third-order valence-electron chi connectivity index (χ3n) is 3.93. The fraction of sp³-hybridized carbons (Fsp3) is 0.250. The Bertz CT molecular complexity index is 858. The van der Waals surface area contributed by atoms with Crippen molar-refractivity contribution in [3.63, 3.8) is 0 Å². The molecule has 23 heavy (non-hydrogen) atoms. The van der Waals surface area contributed by atoms with Gasteiger partial charge in [0.25, 0.3) is 5.78 Å². The maximum Gasteiger partial charge on any atom is 0.252 e. The Hall–Kier alpha value is -2.28. The Morgan fingerprint density at radius 1 is 1.35 bits per heavy atom. The van der Waals surface area contributed by atoms with Crippen LogP contribution in [0.2, 0.25) is 0 Å². The van der Waals surface area contributed by atoms with Gasteiger partial charge in [0.1, 0.15) is 0 Å². The van der Waals surface area contributed by atoms with E-state index in [1.165, 1.54) is 5.56 Å². The number of benzene rings is 1. The van der Waals surface area contributed by atoms with E-state index in [1.807, 2.05) is 17.0 Å². The van der Waals surface area contributed by atoms with Crippen molar-refractivity contribution < 1.29 is 4.79 Å². The average molecular weight is 372 g/mol. The number of carbonyl (C=O) groups is 1. The fourth-order valence-electron chi connectivity index (χ4n) is 2.91. The number of hydrogen-bond donors (Lipinski definition) is 0. The van der Waals surface area contributed by atoms with Crippen LogP contribution in [-0.2, 0) is 17.6 Å². The molecule has 7 heteroatoms. The van der Waals surface area contributed by atoms with Crippen LogP contribution in [0.15, 0.2) is 41.1 Å². The van der Waals surface area contributed by atoms with Crippen LogP contribution in [-0.4, -0.2) is 32.0 Å². The van der Waals surface area contributed by atoms with Gasteiger partial charge in [-0.3, -0.25) is 4.79 Å². The molecule has 1 aliphatic heterocycles. The number of aromatic nitrogens is 4. The zero-order valence-corrected chi connectivity index (χ0v) is 13.9. The number of nitrogens with zero attached hydrogens (tertiary/aromatic N) is 5.